The predicted octanol–water partition coefficient (Wildman–Crippen LogP) is 5.23. The molecule has 0 bridgehead atoms. The Labute approximate surface area is 187 Å². The molecular weight excluding hydrogens is 408 g/mol. The topological polar surface area (TPSA) is 79.3 Å². The molecule has 5 rings (SSSR count). The van der Waals surface area contributed by atoms with Crippen LogP contribution >= 0.6 is 11.3 Å². The first-order chi connectivity index (χ1) is 14.8. The smallest absolute Gasteiger partial charge is 0.226 e. The summed E-state index contributed by atoms with van der Waals surface area (Å²) in [6, 6.07) is 5.82. The number of nitrogens with one attached hydrogen (secondary N) is 1. The molecule has 2 aromatic rings. The Bertz CT molecular complexity index is 1030. The van der Waals surface area contributed by atoms with Crippen molar-refractivity contribution in [1.82, 2.24) is 4.98 Å². The Morgan fingerprint density at radius 2 is 2.19 bits per heavy atom. The molecule has 3 aliphatic rings. The van der Waals surface area contributed by atoms with Crippen molar-refractivity contribution in [3.63, 3.8) is 0 Å². The minimum atomic E-state index is -0.247. The summed E-state index contributed by atoms with van der Waals surface area (Å²) in [5, 5.41) is 13.5. The van der Waals surface area contributed by atoms with Crippen LogP contribution in [0.3, 0.4) is 0 Å². The van der Waals surface area contributed by atoms with Crippen molar-refractivity contribution in [1.29, 1.82) is 0 Å². The van der Waals surface area contributed by atoms with Gasteiger partial charge in [0.05, 0.1) is 0 Å². The van der Waals surface area contributed by atoms with Crippen molar-refractivity contribution in [3.8, 4) is 5.75 Å². The second kappa shape index (κ2) is 7.73. The van der Waals surface area contributed by atoms with Gasteiger partial charge >= 0.3 is 0 Å². The second-order valence-electron chi connectivity index (χ2n) is 9.92. The highest BCUT2D eigenvalue weighted by Crippen LogP contribution is 2.62. The molecule has 3 unspecified atom stereocenters. The second-order valence-corrected chi connectivity index (χ2v) is 11.2. The van der Waals surface area contributed by atoms with Crippen LogP contribution < -0.4 is 5.32 Å². The number of benzene rings is 1. The Morgan fingerprint density at radius 1 is 1.35 bits per heavy atom. The van der Waals surface area contributed by atoms with E-state index in [0.29, 0.717) is 47.3 Å². The van der Waals surface area contributed by atoms with Gasteiger partial charge in [0.1, 0.15) is 11.5 Å². The summed E-state index contributed by atoms with van der Waals surface area (Å²) in [6.07, 6.45) is 7.56. The van der Waals surface area contributed by atoms with Crippen molar-refractivity contribution in [2.75, 3.05) is 5.32 Å². The van der Waals surface area contributed by atoms with Gasteiger partial charge in [-0.15, -0.1) is 11.3 Å². The summed E-state index contributed by atoms with van der Waals surface area (Å²) in [7, 11) is 0. The number of ketones is 1. The molecule has 0 spiro atoms. The number of fused-ring (bicyclic) bond motifs is 5. The van der Waals surface area contributed by atoms with E-state index in [9.17, 15) is 14.7 Å². The Kier molecular flexibility index (Phi) is 5.16. The van der Waals surface area contributed by atoms with Gasteiger partial charge in [-0.3, -0.25) is 9.59 Å². The van der Waals surface area contributed by atoms with E-state index in [0.717, 1.165) is 37.0 Å². The number of rotatable bonds is 4. The Hall–Kier alpha value is -2.21. The molecule has 164 valence electrons. The number of phenolic OH excluding ortho intramolecular Hbond substituents is 1. The van der Waals surface area contributed by atoms with Gasteiger partial charge in [-0.1, -0.05) is 13.0 Å². The fourth-order valence-electron chi connectivity index (χ4n) is 6.80. The SMILES string of the molecule is Cc1cnc(NC(=O)CCC2CC(=O)C3(C)CC[C@@H]4c5ccc(O)cc5CCC4[C@H]23)s1. The molecular formula is C25H30N2O3S. The zero-order valence-corrected chi connectivity index (χ0v) is 19.0. The summed E-state index contributed by atoms with van der Waals surface area (Å²) in [6.45, 7) is 4.16. The quantitative estimate of drug-likeness (QED) is 0.685. The summed E-state index contributed by atoms with van der Waals surface area (Å²) < 4.78 is 0. The molecule has 5 nitrogen and oxygen atoms in total. The van der Waals surface area contributed by atoms with Crippen molar-refractivity contribution in [3.05, 3.63) is 40.4 Å². The molecule has 31 heavy (non-hydrogen) atoms. The molecule has 2 saturated carbocycles. The molecule has 0 saturated heterocycles. The van der Waals surface area contributed by atoms with E-state index in [1.807, 2.05) is 13.0 Å². The van der Waals surface area contributed by atoms with Crippen LogP contribution in [0.1, 0.15) is 67.4 Å². The lowest BCUT2D eigenvalue weighted by atomic mass is 9.54. The number of anilines is 1. The van der Waals surface area contributed by atoms with Gasteiger partial charge in [0.15, 0.2) is 5.13 Å². The summed E-state index contributed by atoms with van der Waals surface area (Å²) >= 11 is 1.49. The maximum absolute atomic E-state index is 13.1. The Morgan fingerprint density at radius 3 is 2.97 bits per heavy atom. The number of Topliss-reactive ketones (excluding diaryl/α,β-unsaturated/α-hetero) is 1. The molecule has 1 aromatic carbocycles. The van der Waals surface area contributed by atoms with Crippen molar-refractivity contribution in [2.24, 2.45) is 23.2 Å². The lowest BCUT2D eigenvalue weighted by Crippen LogP contribution is -2.44. The van der Waals surface area contributed by atoms with Gasteiger partial charge in [0, 0.05) is 29.3 Å². The number of hydrogen-bond acceptors (Lipinski definition) is 5. The lowest BCUT2D eigenvalue weighted by Gasteiger charge is -2.50. The molecule has 1 amide bonds. The van der Waals surface area contributed by atoms with Crippen LogP contribution in [-0.2, 0) is 16.0 Å². The zero-order valence-electron chi connectivity index (χ0n) is 18.2. The van der Waals surface area contributed by atoms with Gasteiger partial charge in [-0.25, -0.2) is 4.98 Å². The van der Waals surface area contributed by atoms with Crippen LogP contribution in [0, 0.1) is 30.1 Å². The molecule has 5 atom stereocenters. The molecule has 2 N–H and O–H groups in total. The lowest BCUT2D eigenvalue weighted by molar-refractivity contribution is -0.129. The van der Waals surface area contributed by atoms with E-state index in [2.05, 4.69) is 23.3 Å². The average molecular weight is 439 g/mol. The highest BCUT2D eigenvalue weighted by atomic mass is 32.1. The van der Waals surface area contributed by atoms with E-state index < -0.39 is 0 Å². The third-order valence-electron chi connectivity index (χ3n) is 8.16. The molecule has 0 radical (unpaired) electrons. The van der Waals surface area contributed by atoms with Crippen molar-refractivity contribution in [2.45, 2.75) is 64.7 Å². The van der Waals surface area contributed by atoms with Crippen LogP contribution in [-0.4, -0.2) is 21.8 Å². The van der Waals surface area contributed by atoms with E-state index in [1.165, 1.54) is 22.5 Å². The standard InChI is InChI=1S/C25H30N2O3S/c1-14-13-26-24(31-14)27-22(30)8-4-16-12-21(29)25(2)10-9-19-18-7-5-17(28)11-15(18)3-6-20(19)23(16)25/h5,7,11,13,16,19-20,23,28H,3-4,6,8-10,12H2,1-2H3,(H,26,27,30)/t16?,19-,20?,23+,25?/m1/s1. The number of nitrogens with zero attached hydrogens (tertiary/aromatic N) is 1. The van der Waals surface area contributed by atoms with Crippen LogP contribution in [0.2, 0.25) is 0 Å². The van der Waals surface area contributed by atoms with Gasteiger partial charge < -0.3 is 10.4 Å². The molecule has 3 aliphatic carbocycles. The number of carbonyl (C=O) groups is 2. The number of aromatic hydroxyl groups is 1. The normalized spacial score (nSPS) is 31.6. The summed E-state index contributed by atoms with van der Waals surface area (Å²) in [5.41, 5.74) is 2.39. The third kappa shape index (κ3) is 3.59. The predicted molar refractivity (Wildman–Crippen MR) is 121 cm³/mol. The highest BCUT2D eigenvalue weighted by Gasteiger charge is 2.58. The molecule has 6 heteroatoms. The monoisotopic (exact) mass is 438 g/mol. The van der Waals surface area contributed by atoms with E-state index in [1.54, 1.807) is 12.3 Å². The Balaban J connectivity index is 1.33. The number of thiazole rings is 1. The molecule has 1 heterocycles. The van der Waals surface area contributed by atoms with E-state index >= 15 is 0 Å². The number of aryl methyl sites for hydroxylation is 2. The van der Waals surface area contributed by atoms with Crippen molar-refractivity contribution < 1.29 is 14.7 Å². The van der Waals surface area contributed by atoms with Crippen LogP contribution in [0.25, 0.3) is 0 Å². The zero-order chi connectivity index (χ0) is 21.8. The minimum Gasteiger partial charge on any atom is -0.508 e. The highest BCUT2D eigenvalue weighted by molar-refractivity contribution is 7.15. The summed E-state index contributed by atoms with van der Waals surface area (Å²) in [4.78, 5) is 30.9. The molecule has 0 aliphatic heterocycles. The first-order valence-corrected chi connectivity index (χ1v) is 12.2. The average Bonchev–Trinajstić information content (AvgIpc) is 3.25. The number of amides is 1. The number of phenols is 1. The number of aromatic nitrogens is 1. The maximum atomic E-state index is 13.1. The minimum absolute atomic E-state index is 0.00720. The molecule has 1 aromatic heterocycles. The van der Waals surface area contributed by atoms with Crippen LogP contribution in [0.4, 0.5) is 5.13 Å². The van der Waals surface area contributed by atoms with E-state index in [4.69, 9.17) is 0 Å². The van der Waals surface area contributed by atoms with Gasteiger partial charge in [0.25, 0.3) is 0 Å². The van der Waals surface area contributed by atoms with Crippen LogP contribution in [0.5, 0.6) is 5.75 Å². The number of carbonyl (C=O) groups excluding carboxylic acids is 2. The van der Waals surface area contributed by atoms with Gasteiger partial charge in [-0.05, 0) is 86.0 Å². The number of hydrogen-bond donors (Lipinski definition) is 2. The first-order valence-electron chi connectivity index (χ1n) is 11.4. The van der Waals surface area contributed by atoms with Gasteiger partial charge in [0.2, 0.25) is 5.91 Å². The van der Waals surface area contributed by atoms with Crippen LogP contribution in [0.15, 0.2) is 24.4 Å². The fraction of sp³-hybridized carbons (Fsp3) is 0.560. The fourth-order valence-corrected chi connectivity index (χ4v) is 7.48. The van der Waals surface area contributed by atoms with Crippen molar-refractivity contribution >= 4 is 28.2 Å². The van der Waals surface area contributed by atoms with Gasteiger partial charge in [-0.2, -0.15) is 0 Å². The largest absolute Gasteiger partial charge is 0.508 e. The van der Waals surface area contributed by atoms with E-state index in [-0.39, 0.29) is 17.2 Å². The first kappa shape index (κ1) is 20.7. The summed E-state index contributed by atoms with van der Waals surface area (Å²) in [5.74, 6) is 2.29. The third-order valence-corrected chi connectivity index (χ3v) is 8.99. The maximum Gasteiger partial charge on any atom is 0.226 e. The molecule has 2 fully saturated rings.